The van der Waals surface area contributed by atoms with E-state index < -0.39 is 0 Å². The number of ketones is 1. The molecule has 0 saturated heterocycles. The molecule has 3 nitrogen and oxygen atoms in total. The maximum absolute atomic E-state index is 11.7. The normalized spacial score (nSPS) is 17.5. The topological polar surface area (TPSA) is 34.9 Å². The first kappa shape index (κ1) is 10.4. The highest BCUT2D eigenvalue weighted by Crippen LogP contribution is 2.28. The van der Waals surface area contributed by atoms with E-state index in [1.807, 2.05) is 24.7 Å². The SMILES string of the molecule is CC(C)C(=O)c1cnn(C2CCCC2)c1. The molecule has 1 aliphatic rings. The number of aromatic nitrogens is 2. The Bertz CT molecular complexity index is 348. The first-order valence-electron chi connectivity index (χ1n) is 5.77. The number of carbonyl (C=O) groups is 1. The highest BCUT2D eigenvalue weighted by molar-refractivity contribution is 5.96. The summed E-state index contributed by atoms with van der Waals surface area (Å²) in [5.74, 6) is 0.255. The minimum atomic E-state index is 0.0613. The number of hydrogen-bond donors (Lipinski definition) is 0. The summed E-state index contributed by atoms with van der Waals surface area (Å²) in [7, 11) is 0. The lowest BCUT2D eigenvalue weighted by molar-refractivity contribution is 0.0939. The van der Waals surface area contributed by atoms with E-state index in [2.05, 4.69) is 5.10 Å². The van der Waals surface area contributed by atoms with Crippen LogP contribution in [0.15, 0.2) is 12.4 Å². The van der Waals surface area contributed by atoms with Crippen LogP contribution in [-0.4, -0.2) is 15.6 Å². The minimum absolute atomic E-state index is 0.0613. The number of rotatable bonds is 3. The molecule has 0 aliphatic heterocycles. The molecular formula is C12H18N2O. The molecule has 0 spiro atoms. The van der Waals surface area contributed by atoms with Gasteiger partial charge in [-0.15, -0.1) is 0 Å². The van der Waals surface area contributed by atoms with Gasteiger partial charge in [-0.25, -0.2) is 0 Å². The Morgan fingerprint density at radius 1 is 1.47 bits per heavy atom. The maximum Gasteiger partial charge on any atom is 0.168 e. The first-order chi connectivity index (χ1) is 7.18. The summed E-state index contributed by atoms with van der Waals surface area (Å²) < 4.78 is 1.97. The molecule has 1 aliphatic carbocycles. The van der Waals surface area contributed by atoms with Gasteiger partial charge in [0.1, 0.15) is 0 Å². The molecule has 0 unspecified atom stereocenters. The number of nitrogens with zero attached hydrogens (tertiary/aromatic N) is 2. The molecule has 0 N–H and O–H groups in total. The van der Waals surface area contributed by atoms with Crippen LogP contribution in [0.3, 0.4) is 0 Å². The van der Waals surface area contributed by atoms with Crippen molar-refractivity contribution in [1.82, 2.24) is 9.78 Å². The lowest BCUT2D eigenvalue weighted by Crippen LogP contribution is -2.07. The van der Waals surface area contributed by atoms with E-state index in [0.717, 1.165) is 5.56 Å². The van der Waals surface area contributed by atoms with Crippen LogP contribution in [-0.2, 0) is 0 Å². The molecule has 3 heteroatoms. The summed E-state index contributed by atoms with van der Waals surface area (Å²) >= 11 is 0. The molecule has 1 saturated carbocycles. The highest BCUT2D eigenvalue weighted by atomic mass is 16.1. The van der Waals surface area contributed by atoms with E-state index in [4.69, 9.17) is 0 Å². The molecule has 1 aromatic heterocycles. The van der Waals surface area contributed by atoms with Crippen molar-refractivity contribution in [2.24, 2.45) is 5.92 Å². The molecule has 0 radical (unpaired) electrons. The molecule has 2 rings (SSSR count). The van der Waals surface area contributed by atoms with Crippen LogP contribution in [0.1, 0.15) is 55.9 Å². The van der Waals surface area contributed by atoms with Crippen molar-refractivity contribution in [3.63, 3.8) is 0 Å². The number of Topliss-reactive ketones (excluding diaryl/α,β-unsaturated/α-hetero) is 1. The monoisotopic (exact) mass is 206 g/mol. The van der Waals surface area contributed by atoms with E-state index in [1.54, 1.807) is 6.20 Å². The van der Waals surface area contributed by atoms with Gasteiger partial charge in [-0.2, -0.15) is 5.10 Å². The zero-order valence-electron chi connectivity index (χ0n) is 9.44. The molecule has 0 aromatic carbocycles. The fourth-order valence-corrected chi connectivity index (χ4v) is 2.17. The smallest absolute Gasteiger partial charge is 0.168 e. The van der Waals surface area contributed by atoms with Gasteiger partial charge in [0.25, 0.3) is 0 Å². The third-order valence-corrected chi connectivity index (χ3v) is 3.11. The van der Waals surface area contributed by atoms with Crippen molar-refractivity contribution in [2.75, 3.05) is 0 Å². The molecule has 82 valence electrons. The van der Waals surface area contributed by atoms with Crippen molar-refractivity contribution >= 4 is 5.78 Å². The Morgan fingerprint density at radius 2 is 2.13 bits per heavy atom. The Balaban J connectivity index is 2.12. The molecule has 1 heterocycles. The Kier molecular flexibility index (Phi) is 2.89. The third-order valence-electron chi connectivity index (χ3n) is 3.11. The van der Waals surface area contributed by atoms with Gasteiger partial charge < -0.3 is 0 Å². The molecule has 1 aromatic rings. The Morgan fingerprint density at radius 3 is 2.73 bits per heavy atom. The largest absolute Gasteiger partial charge is 0.294 e. The van der Waals surface area contributed by atoms with Gasteiger partial charge in [0.2, 0.25) is 0 Å². The lowest BCUT2D eigenvalue weighted by Gasteiger charge is -2.08. The van der Waals surface area contributed by atoms with Crippen molar-refractivity contribution < 1.29 is 4.79 Å². The minimum Gasteiger partial charge on any atom is -0.294 e. The second-order valence-electron chi connectivity index (χ2n) is 4.67. The standard InChI is InChI=1S/C12H18N2O/c1-9(2)12(15)10-7-13-14(8-10)11-5-3-4-6-11/h7-9,11H,3-6H2,1-2H3. The van der Waals surface area contributed by atoms with Crippen molar-refractivity contribution in [2.45, 2.75) is 45.6 Å². The van der Waals surface area contributed by atoms with Gasteiger partial charge in [-0.1, -0.05) is 26.7 Å². The predicted octanol–water partition coefficient (Wildman–Crippen LogP) is 2.84. The van der Waals surface area contributed by atoms with Crippen LogP contribution in [0, 0.1) is 5.92 Å². The van der Waals surface area contributed by atoms with E-state index >= 15 is 0 Å². The van der Waals surface area contributed by atoms with Crippen molar-refractivity contribution in [3.8, 4) is 0 Å². The van der Waals surface area contributed by atoms with Crippen LogP contribution in [0.2, 0.25) is 0 Å². The number of hydrogen-bond acceptors (Lipinski definition) is 2. The second-order valence-corrected chi connectivity index (χ2v) is 4.67. The summed E-state index contributed by atoms with van der Waals surface area (Å²) in [6.45, 7) is 3.85. The summed E-state index contributed by atoms with van der Waals surface area (Å²) in [4.78, 5) is 11.7. The van der Waals surface area contributed by atoms with Crippen LogP contribution in [0.5, 0.6) is 0 Å². The van der Waals surface area contributed by atoms with Gasteiger partial charge >= 0.3 is 0 Å². The average molecular weight is 206 g/mol. The Labute approximate surface area is 90.5 Å². The van der Waals surface area contributed by atoms with Crippen molar-refractivity contribution in [1.29, 1.82) is 0 Å². The molecule has 1 fully saturated rings. The summed E-state index contributed by atoms with van der Waals surface area (Å²) in [5.41, 5.74) is 0.761. The zero-order chi connectivity index (χ0) is 10.8. The summed E-state index contributed by atoms with van der Waals surface area (Å²) in [6, 6.07) is 0.527. The van der Waals surface area contributed by atoms with Crippen molar-refractivity contribution in [3.05, 3.63) is 18.0 Å². The number of carbonyl (C=O) groups excluding carboxylic acids is 1. The van der Waals surface area contributed by atoms with Gasteiger partial charge in [-0.3, -0.25) is 9.48 Å². The van der Waals surface area contributed by atoms with E-state index in [1.165, 1.54) is 25.7 Å². The molecule has 15 heavy (non-hydrogen) atoms. The summed E-state index contributed by atoms with van der Waals surface area (Å²) in [5, 5.41) is 4.30. The second kappa shape index (κ2) is 4.17. The van der Waals surface area contributed by atoms with E-state index in [0.29, 0.717) is 6.04 Å². The molecule has 0 bridgehead atoms. The van der Waals surface area contributed by atoms with Gasteiger partial charge in [0, 0.05) is 12.1 Å². The van der Waals surface area contributed by atoms with Crippen LogP contribution in [0.25, 0.3) is 0 Å². The van der Waals surface area contributed by atoms with Crippen LogP contribution >= 0.6 is 0 Å². The third kappa shape index (κ3) is 2.11. The molecule has 0 atom stereocenters. The summed E-state index contributed by atoms with van der Waals surface area (Å²) in [6.07, 6.45) is 8.61. The van der Waals surface area contributed by atoms with Crippen LogP contribution < -0.4 is 0 Å². The average Bonchev–Trinajstić information content (AvgIpc) is 2.86. The predicted molar refractivity (Wildman–Crippen MR) is 58.9 cm³/mol. The van der Waals surface area contributed by atoms with Gasteiger partial charge in [0.05, 0.1) is 17.8 Å². The molecular weight excluding hydrogens is 188 g/mol. The highest BCUT2D eigenvalue weighted by Gasteiger charge is 2.19. The van der Waals surface area contributed by atoms with Crippen LogP contribution in [0.4, 0.5) is 0 Å². The fourth-order valence-electron chi connectivity index (χ4n) is 2.17. The lowest BCUT2D eigenvalue weighted by atomic mass is 10.0. The quantitative estimate of drug-likeness (QED) is 0.713. The zero-order valence-corrected chi connectivity index (χ0v) is 9.44. The molecule has 0 amide bonds. The first-order valence-corrected chi connectivity index (χ1v) is 5.77. The van der Waals surface area contributed by atoms with E-state index in [9.17, 15) is 4.79 Å². The maximum atomic E-state index is 11.7. The Hall–Kier alpha value is -1.12. The van der Waals surface area contributed by atoms with E-state index in [-0.39, 0.29) is 11.7 Å². The van der Waals surface area contributed by atoms with Gasteiger partial charge in [-0.05, 0) is 12.8 Å². The van der Waals surface area contributed by atoms with Gasteiger partial charge in [0.15, 0.2) is 5.78 Å². The fraction of sp³-hybridized carbons (Fsp3) is 0.667.